The van der Waals surface area contributed by atoms with E-state index in [0.29, 0.717) is 23.7 Å². The molecule has 0 unspecified atom stereocenters. The topological polar surface area (TPSA) is 48.7 Å². The predicted octanol–water partition coefficient (Wildman–Crippen LogP) is 4.77. The molecule has 0 saturated heterocycles. The van der Waals surface area contributed by atoms with Gasteiger partial charge in [-0.15, -0.1) is 0 Å². The Morgan fingerprint density at radius 1 is 1.04 bits per heavy atom. The van der Waals surface area contributed by atoms with Crippen LogP contribution in [-0.4, -0.2) is 13.7 Å². The molecule has 0 spiro atoms. The van der Waals surface area contributed by atoms with Crippen molar-refractivity contribution in [2.24, 2.45) is 0 Å². The van der Waals surface area contributed by atoms with Crippen molar-refractivity contribution in [2.75, 3.05) is 13.7 Å². The number of fused-ring (bicyclic) bond motifs is 3. The molecule has 0 N–H and O–H groups in total. The molecule has 4 heteroatoms. The average molecular weight is 362 g/mol. The summed E-state index contributed by atoms with van der Waals surface area (Å²) in [5.41, 5.74) is 3.24. The van der Waals surface area contributed by atoms with Gasteiger partial charge in [-0.05, 0) is 55.0 Å². The minimum Gasteiger partial charge on any atom is -0.493 e. The van der Waals surface area contributed by atoms with Crippen LogP contribution in [0.15, 0.2) is 57.8 Å². The van der Waals surface area contributed by atoms with Gasteiger partial charge in [-0.3, -0.25) is 0 Å². The standard InChI is InChI=1S/C23H22O4/c1-25-20-14-13-18-17-11-5-6-12-19(17)23(24)27-21(18)22(20)26-15-7-10-16-8-3-2-4-9-16/h2-4,7-10,13-14H,5-6,11-12,15H2,1H3. The summed E-state index contributed by atoms with van der Waals surface area (Å²) in [6.45, 7) is 0.352. The number of ether oxygens (including phenoxy) is 2. The van der Waals surface area contributed by atoms with Gasteiger partial charge in [-0.1, -0.05) is 36.4 Å². The van der Waals surface area contributed by atoms with E-state index >= 15 is 0 Å². The highest BCUT2D eigenvalue weighted by Crippen LogP contribution is 2.38. The molecule has 27 heavy (non-hydrogen) atoms. The maximum atomic E-state index is 12.5. The molecular formula is C23H22O4. The Hall–Kier alpha value is -3.01. The molecule has 1 aromatic heterocycles. The van der Waals surface area contributed by atoms with E-state index in [1.807, 2.05) is 54.6 Å². The first-order valence-corrected chi connectivity index (χ1v) is 9.28. The molecule has 4 rings (SSSR count). The number of aryl methyl sites for hydroxylation is 1. The van der Waals surface area contributed by atoms with E-state index < -0.39 is 0 Å². The van der Waals surface area contributed by atoms with Crippen LogP contribution < -0.4 is 15.1 Å². The van der Waals surface area contributed by atoms with Gasteiger partial charge in [0.15, 0.2) is 11.3 Å². The molecule has 0 bridgehead atoms. The maximum Gasteiger partial charge on any atom is 0.339 e. The van der Waals surface area contributed by atoms with Crippen molar-refractivity contribution < 1.29 is 13.9 Å². The first kappa shape index (κ1) is 17.4. The molecule has 0 aliphatic heterocycles. The number of benzene rings is 2. The summed E-state index contributed by atoms with van der Waals surface area (Å²) in [6.07, 6.45) is 7.74. The van der Waals surface area contributed by atoms with Gasteiger partial charge in [0, 0.05) is 10.9 Å². The fourth-order valence-electron chi connectivity index (χ4n) is 3.64. The van der Waals surface area contributed by atoms with Crippen molar-refractivity contribution in [1.29, 1.82) is 0 Å². The molecule has 0 amide bonds. The SMILES string of the molecule is COc1ccc2c3c(c(=O)oc2c1OCC=Cc1ccccc1)CCCC3. The first-order chi connectivity index (χ1) is 13.3. The highest BCUT2D eigenvalue weighted by Gasteiger charge is 2.21. The van der Waals surface area contributed by atoms with Crippen LogP contribution in [0.3, 0.4) is 0 Å². The smallest absolute Gasteiger partial charge is 0.339 e. The Morgan fingerprint density at radius 3 is 2.59 bits per heavy atom. The van der Waals surface area contributed by atoms with Crippen LogP contribution in [0, 0.1) is 0 Å². The molecule has 3 aromatic rings. The second kappa shape index (κ2) is 7.70. The third kappa shape index (κ3) is 3.47. The van der Waals surface area contributed by atoms with Crippen LogP contribution >= 0.6 is 0 Å². The molecule has 1 heterocycles. The van der Waals surface area contributed by atoms with Gasteiger partial charge in [0.25, 0.3) is 0 Å². The molecule has 0 fully saturated rings. The summed E-state index contributed by atoms with van der Waals surface area (Å²) in [7, 11) is 1.59. The lowest BCUT2D eigenvalue weighted by Crippen LogP contribution is -2.16. The van der Waals surface area contributed by atoms with Gasteiger partial charge < -0.3 is 13.9 Å². The molecule has 1 aliphatic rings. The zero-order valence-electron chi connectivity index (χ0n) is 15.4. The van der Waals surface area contributed by atoms with Crippen molar-refractivity contribution in [3.05, 3.63) is 75.7 Å². The summed E-state index contributed by atoms with van der Waals surface area (Å²) < 4.78 is 17.1. The van der Waals surface area contributed by atoms with Gasteiger partial charge in [0.1, 0.15) is 6.61 Å². The van der Waals surface area contributed by atoms with Crippen molar-refractivity contribution in [1.82, 2.24) is 0 Å². The summed E-state index contributed by atoms with van der Waals surface area (Å²) in [4.78, 5) is 12.5. The fourth-order valence-corrected chi connectivity index (χ4v) is 3.64. The lowest BCUT2D eigenvalue weighted by molar-refractivity contribution is 0.324. The second-order valence-electron chi connectivity index (χ2n) is 6.65. The fraction of sp³-hybridized carbons (Fsp3) is 0.261. The van der Waals surface area contributed by atoms with Gasteiger partial charge in [-0.25, -0.2) is 4.79 Å². The number of rotatable bonds is 5. The monoisotopic (exact) mass is 362 g/mol. The minimum absolute atomic E-state index is 0.255. The zero-order valence-corrected chi connectivity index (χ0v) is 15.4. The first-order valence-electron chi connectivity index (χ1n) is 9.28. The third-order valence-corrected chi connectivity index (χ3v) is 4.96. The van der Waals surface area contributed by atoms with Gasteiger partial charge in [0.2, 0.25) is 5.75 Å². The Labute approximate surface area is 158 Å². The van der Waals surface area contributed by atoms with E-state index in [0.717, 1.165) is 47.8 Å². The lowest BCUT2D eigenvalue weighted by atomic mass is 9.90. The molecule has 1 aliphatic carbocycles. The highest BCUT2D eigenvalue weighted by atomic mass is 16.5. The van der Waals surface area contributed by atoms with Crippen LogP contribution in [0.25, 0.3) is 17.0 Å². The van der Waals surface area contributed by atoms with Gasteiger partial charge in [-0.2, -0.15) is 0 Å². The molecule has 4 nitrogen and oxygen atoms in total. The van der Waals surface area contributed by atoms with Gasteiger partial charge in [0.05, 0.1) is 7.11 Å². The van der Waals surface area contributed by atoms with Crippen molar-refractivity contribution >= 4 is 17.0 Å². The minimum atomic E-state index is -0.255. The molecule has 0 saturated carbocycles. The summed E-state index contributed by atoms with van der Waals surface area (Å²) in [5.74, 6) is 1.05. The molecule has 0 atom stereocenters. The molecule has 138 valence electrons. The van der Waals surface area contributed by atoms with Gasteiger partial charge >= 0.3 is 5.63 Å². The zero-order chi connectivity index (χ0) is 18.6. The number of hydrogen-bond acceptors (Lipinski definition) is 4. The van der Waals surface area contributed by atoms with Crippen LogP contribution in [0.1, 0.15) is 29.5 Å². The van der Waals surface area contributed by atoms with Crippen molar-refractivity contribution in [3.63, 3.8) is 0 Å². The summed E-state index contributed by atoms with van der Waals surface area (Å²) in [6, 6.07) is 13.9. The van der Waals surface area contributed by atoms with Crippen LogP contribution in [-0.2, 0) is 12.8 Å². The largest absolute Gasteiger partial charge is 0.493 e. The van der Waals surface area contributed by atoms with E-state index in [1.165, 1.54) is 0 Å². The average Bonchev–Trinajstić information content (AvgIpc) is 2.72. The summed E-state index contributed by atoms with van der Waals surface area (Å²) in [5, 5.41) is 0.951. The third-order valence-electron chi connectivity index (χ3n) is 4.96. The van der Waals surface area contributed by atoms with E-state index in [1.54, 1.807) is 7.11 Å². The van der Waals surface area contributed by atoms with E-state index in [9.17, 15) is 4.79 Å². The number of methoxy groups -OCH3 is 1. The van der Waals surface area contributed by atoms with Crippen molar-refractivity contribution in [3.8, 4) is 11.5 Å². The molecular weight excluding hydrogens is 340 g/mol. The van der Waals surface area contributed by atoms with Crippen LogP contribution in [0.2, 0.25) is 0 Å². The molecule has 2 aromatic carbocycles. The van der Waals surface area contributed by atoms with E-state index in [2.05, 4.69) is 0 Å². The predicted molar refractivity (Wildman–Crippen MR) is 107 cm³/mol. The Kier molecular flexibility index (Phi) is 4.97. The van der Waals surface area contributed by atoms with E-state index in [-0.39, 0.29) is 5.63 Å². The normalized spacial score (nSPS) is 13.7. The second-order valence-corrected chi connectivity index (χ2v) is 6.65. The van der Waals surface area contributed by atoms with Crippen molar-refractivity contribution in [2.45, 2.75) is 25.7 Å². The number of hydrogen-bond donors (Lipinski definition) is 0. The Balaban J connectivity index is 1.69. The highest BCUT2D eigenvalue weighted by molar-refractivity contribution is 5.89. The van der Waals surface area contributed by atoms with E-state index in [4.69, 9.17) is 13.9 Å². The Morgan fingerprint density at radius 2 is 1.81 bits per heavy atom. The lowest BCUT2D eigenvalue weighted by Gasteiger charge is -2.18. The quantitative estimate of drug-likeness (QED) is 0.613. The Bertz CT molecular complexity index is 1030. The van der Waals surface area contributed by atoms with Crippen LogP contribution in [0.5, 0.6) is 11.5 Å². The van der Waals surface area contributed by atoms with Crippen LogP contribution in [0.4, 0.5) is 0 Å². The summed E-state index contributed by atoms with van der Waals surface area (Å²) >= 11 is 0. The molecule has 0 radical (unpaired) electrons. The maximum absolute atomic E-state index is 12.5.